The number of carbonyl (C=O) groups excluding carboxylic acids is 2. The molecule has 0 bridgehead atoms. The summed E-state index contributed by atoms with van der Waals surface area (Å²) in [5.41, 5.74) is 2.47. The van der Waals surface area contributed by atoms with Crippen molar-refractivity contribution in [3.8, 4) is 11.5 Å². The lowest BCUT2D eigenvalue weighted by atomic mass is 9.93. The van der Waals surface area contributed by atoms with Gasteiger partial charge in [-0.25, -0.2) is 0 Å². The number of likely N-dealkylation sites (tertiary alicyclic amines) is 1. The molecule has 29 heavy (non-hydrogen) atoms. The van der Waals surface area contributed by atoms with Crippen molar-refractivity contribution in [1.82, 2.24) is 15.1 Å². The molecule has 3 aliphatic rings. The molecule has 1 saturated heterocycles. The third kappa shape index (κ3) is 3.35. The minimum absolute atomic E-state index is 0.0416. The maximum absolute atomic E-state index is 12.7. The van der Waals surface area contributed by atoms with E-state index in [1.165, 1.54) is 12.8 Å². The number of piperidine rings is 1. The SMILES string of the molecule is C[C@@H](Nc1nnc(-c2ccc(Cl)c3c2NC(=O)C3)o1)C(=O)N1CCC2(CC1)CC2. The molecule has 1 atom stereocenters. The average molecular weight is 416 g/mol. The van der Waals surface area contributed by atoms with E-state index >= 15 is 0 Å². The molecule has 1 aromatic heterocycles. The first kappa shape index (κ1) is 18.4. The normalized spacial score (nSPS) is 20.3. The first-order valence-corrected chi connectivity index (χ1v) is 10.3. The molecule has 3 heterocycles. The number of amides is 2. The Bertz CT molecular complexity index is 990. The smallest absolute Gasteiger partial charge is 0.316 e. The average Bonchev–Trinajstić information content (AvgIpc) is 3.11. The fourth-order valence-corrected chi connectivity index (χ4v) is 4.47. The van der Waals surface area contributed by atoms with Crippen LogP contribution in [0.3, 0.4) is 0 Å². The molecule has 1 spiro atoms. The van der Waals surface area contributed by atoms with Crippen molar-refractivity contribution in [2.45, 2.75) is 45.1 Å². The highest BCUT2D eigenvalue weighted by Gasteiger charge is 2.45. The van der Waals surface area contributed by atoms with Crippen molar-refractivity contribution in [3.63, 3.8) is 0 Å². The van der Waals surface area contributed by atoms with Crippen LogP contribution in [-0.4, -0.2) is 46.0 Å². The van der Waals surface area contributed by atoms with Gasteiger partial charge in [-0.05, 0) is 50.2 Å². The Labute approximate surface area is 173 Å². The van der Waals surface area contributed by atoms with Crippen LogP contribution in [0.5, 0.6) is 0 Å². The van der Waals surface area contributed by atoms with Gasteiger partial charge in [0.1, 0.15) is 6.04 Å². The van der Waals surface area contributed by atoms with E-state index in [-0.39, 0.29) is 30.1 Å². The van der Waals surface area contributed by atoms with Crippen molar-refractivity contribution in [2.75, 3.05) is 23.7 Å². The minimum Gasteiger partial charge on any atom is -0.403 e. The zero-order valence-corrected chi connectivity index (χ0v) is 16.9. The molecule has 152 valence electrons. The summed E-state index contributed by atoms with van der Waals surface area (Å²) in [7, 11) is 0. The van der Waals surface area contributed by atoms with Gasteiger partial charge < -0.3 is 20.0 Å². The van der Waals surface area contributed by atoms with Crippen LogP contribution < -0.4 is 10.6 Å². The lowest BCUT2D eigenvalue weighted by Crippen LogP contribution is -2.45. The van der Waals surface area contributed by atoms with E-state index in [2.05, 4.69) is 20.8 Å². The van der Waals surface area contributed by atoms with Gasteiger partial charge >= 0.3 is 6.01 Å². The minimum atomic E-state index is -0.466. The molecule has 0 unspecified atom stereocenters. The largest absolute Gasteiger partial charge is 0.403 e. The fourth-order valence-electron chi connectivity index (χ4n) is 4.25. The highest BCUT2D eigenvalue weighted by Crippen LogP contribution is 2.53. The van der Waals surface area contributed by atoms with Crippen LogP contribution in [0.1, 0.15) is 38.2 Å². The number of benzene rings is 1. The van der Waals surface area contributed by atoms with Crippen molar-refractivity contribution >= 4 is 35.1 Å². The summed E-state index contributed by atoms with van der Waals surface area (Å²) in [4.78, 5) is 26.4. The number of hydrogen-bond donors (Lipinski definition) is 2. The molecule has 2 aliphatic heterocycles. The number of rotatable bonds is 4. The number of carbonyl (C=O) groups is 2. The van der Waals surface area contributed by atoms with E-state index in [4.69, 9.17) is 16.0 Å². The first-order valence-electron chi connectivity index (χ1n) is 9.95. The standard InChI is InChI=1S/C20H22ClN5O3/c1-11(18(28)26-8-6-20(4-5-20)7-9-26)22-19-25-24-17(29-19)12-2-3-14(21)13-10-15(27)23-16(12)13/h2-3,11H,4-10H2,1H3,(H,22,25)(H,23,27)/t11-/m1/s1. The first-order chi connectivity index (χ1) is 13.9. The zero-order valence-electron chi connectivity index (χ0n) is 16.1. The van der Waals surface area contributed by atoms with E-state index in [0.717, 1.165) is 31.5 Å². The number of fused-ring (bicyclic) bond motifs is 1. The van der Waals surface area contributed by atoms with Crippen LogP contribution in [0.25, 0.3) is 11.5 Å². The Morgan fingerprint density at radius 1 is 1.28 bits per heavy atom. The molecular formula is C20H22ClN5O3. The second-order valence-electron chi connectivity index (χ2n) is 8.28. The summed E-state index contributed by atoms with van der Waals surface area (Å²) in [6.45, 7) is 3.43. The predicted molar refractivity (Wildman–Crippen MR) is 108 cm³/mol. The quantitative estimate of drug-likeness (QED) is 0.795. The third-order valence-electron chi connectivity index (χ3n) is 6.32. The number of halogens is 1. The van der Waals surface area contributed by atoms with E-state index in [1.54, 1.807) is 19.1 Å². The number of aromatic nitrogens is 2. The van der Waals surface area contributed by atoms with E-state index in [0.29, 0.717) is 21.7 Å². The Balaban J connectivity index is 1.28. The van der Waals surface area contributed by atoms with Gasteiger partial charge in [0.25, 0.3) is 5.89 Å². The van der Waals surface area contributed by atoms with Crippen LogP contribution in [0.15, 0.2) is 16.5 Å². The summed E-state index contributed by atoms with van der Waals surface area (Å²) >= 11 is 6.19. The Morgan fingerprint density at radius 3 is 2.76 bits per heavy atom. The number of nitrogens with zero attached hydrogens (tertiary/aromatic N) is 3. The lowest BCUT2D eigenvalue weighted by Gasteiger charge is -2.33. The molecule has 2 aromatic rings. The van der Waals surface area contributed by atoms with Crippen molar-refractivity contribution in [2.24, 2.45) is 5.41 Å². The second-order valence-corrected chi connectivity index (χ2v) is 8.68. The van der Waals surface area contributed by atoms with Gasteiger partial charge in [0, 0.05) is 23.7 Å². The van der Waals surface area contributed by atoms with Crippen LogP contribution in [0, 0.1) is 5.41 Å². The summed E-state index contributed by atoms with van der Waals surface area (Å²) in [6.07, 6.45) is 5.04. The molecule has 1 saturated carbocycles. The van der Waals surface area contributed by atoms with Gasteiger partial charge in [0.15, 0.2) is 0 Å². The highest BCUT2D eigenvalue weighted by molar-refractivity contribution is 6.32. The molecule has 2 N–H and O–H groups in total. The molecule has 0 radical (unpaired) electrons. The van der Waals surface area contributed by atoms with Crippen molar-refractivity contribution in [1.29, 1.82) is 0 Å². The number of hydrogen-bond acceptors (Lipinski definition) is 6. The molecule has 9 heteroatoms. The van der Waals surface area contributed by atoms with Crippen LogP contribution in [-0.2, 0) is 16.0 Å². The Hall–Kier alpha value is -2.61. The van der Waals surface area contributed by atoms with Gasteiger partial charge in [-0.3, -0.25) is 9.59 Å². The summed E-state index contributed by atoms with van der Waals surface area (Å²) in [5.74, 6) is 0.178. The molecule has 2 fully saturated rings. The highest BCUT2D eigenvalue weighted by atomic mass is 35.5. The Morgan fingerprint density at radius 2 is 2.03 bits per heavy atom. The second kappa shape index (κ2) is 6.73. The molecule has 1 aliphatic carbocycles. The topological polar surface area (TPSA) is 100 Å². The van der Waals surface area contributed by atoms with Crippen molar-refractivity contribution < 1.29 is 14.0 Å². The molecular weight excluding hydrogens is 394 g/mol. The molecule has 5 rings (SSSR count). The molecule has 1 aromatic carbocycles. The number of anilines is 2. The van der Waals surface area contributed by atoms with Gasteiger partial charge in [-0.2, -0.15) is 0 Å². The predicted octanol–water partition coefficient (Wildman–Crippen LogP) is 3.09. The van der Waals surface area contributed by atoms with Crippen molar-refractivity contribution in [3.05, 3.63) is 22.7 Å². The summed E-state index contributed by atoms with van der Waals surface area (Å²) in [5, 5.41) is 14.4. The zero-order chi connectivity index (χ0) is 20.2. The van der Waals surface area contributed by atoms with Gasteiger partial charge in [0.2, 0.25) is 11.8 Å². The van der Waals surface area contributed by atoms with Gasteiger partial charge in [-0.15, -0.1) is 5.10 Å². The lowest BCUT2D eigenvalue weighted by molar-refractivity contribution is -0.133. The van der Waals surface area contributed by atoms with Gasteiger partial charge in [0.05, 0.1) is 17.7 Å². The third-order valence-corrected chi connectivity index (χ3v) is 6.67. The maximum Gasteiger partial charge on any atom is 0.316 e. The number of nitrogens with one attached hydrogen (secondary N) is 2. The van der Waals surface area contributed by atoms with E-state index < -0.39 is 6.04 Å². The summed E-state index contributed by atoms with van der Waals surface area (Å²) in [6, 6.07) is 3.15. The Kier molecular flexibility index (Phi) is 4.27. The van der Waals surface area contributed by atoms with Crippen LogP contribution >= 0.6 is 11.6 Å². The fraction of sp³-hybridized carbons (Fsp3) is 0.500. The van der Waals surface area contributed by atoms with Crippen LogP contribution in [0.4, 0.5) is 11.7 Å². The van der Waals surface area contributed by atoms with E-state index in [1.807, 2.05) is 4.90 Å². The monoisotopic (exact) mass is 415 g/mol. The van der Waals surface area contributed by atoms with Crippen LogP contribution in [0.2, 0.25) is 5.02 Å². The molecule has 8 nitrogen and oxygen atoms in total. The van der Waals surface area contributed by atoms with E-state index in [9.17, 15) is 9.59 Å². The maximum atomic E-state index is 12.7. The molecule has 2 amide bonds. The summed E-state index contributed by atoms with van der Waals surface area (Å²) < 4.78 is 5.72. The van der Waals surface area contributed by atoms with Gasteiger partial charge in [-0.1, -0.05) is 16.7 Å².